The molecule has 3 rings (SSSR count). The molecule has 9 heteroatoms. The van der Waals surface area contributed by atoms with E-state index < -0.39 is 15.8 Å². The summed E-state index contributed by atoms with van der Waals surface area (Å²) in [5, 5.41) is 2.80. The molecule has 0 saturated carbocycles. The van der Waals surface area contributed by atoms with Gasteiger partial charge in [0.05, 0.1) is 25.6 Å². The van der Waals surface area contributed by atoms with Gasteiger partial charge in [-0.1, -0.05) is 22.0 Å². The van der Waals surface area contributed by atoms with Gasteiger partial charge in [0.1, 0.15) is 11.6 Å². The van der Waals surface area contributed by atoms with E-state index in [9.17, 15) is 17.6 Å². The zero-order valence-electron chi connectivity index (χ0n) is 16.8. The van der Waals surface area contributed by atoms with Gasteiger partial charge < -0.3 is 10.1 Å². The average Bonchev–Trinajstić information content (AvgIpc) is 2.72. The van der Waals surface area contributed by atoms with E-state index in [0.29, 0.717) is 28.3 Å². The molecule has 0 saturated heterocycles. The fourth-order valence-electron chi connectivity index (χ4n) is 2.97. The topological polar surface area (TPSA) is 75.7 Å². The predicted molar refractivity (Wildman–Crippen MR) is 123 cm³/mol. The van der Waals surface area contributed by atoms with E-state index in [2.05, 4.69) is 21.2 Å². The molecule has 0 fully saturated rings. The Morgan fingerprint density at radius 3 is 2.42 bits per heavy atom. The van der Waals surface area contributed by atoms with Crippen LogP contribution in [0, 0.1) is 5.82 Å². The van der Waals surface area contributed by atoms with Crippen LogP contribution in [0.3, 0.4) is 0 Å². The Bertz CT molecular complexity index is 1200. The zero-order chi connectivity index (χ0) is 22.6. The van der Waals surface area contributed by atoms with E-state index in [0.717, 1.165) is 15.0 Å². The first kappa shape index (κ1) is 22.8. The van der Waals surface area contributed by atoms with E-state index in [-0.39, 0.29) is 12.5 Å². The summed E-state index contributed by atoms with van der Waals surface area (Å²) in [5.41, 5.74) is 1.73. The van der Waals surface area contributed by atoms with Gasteiger partial charge >= 0.3 is 0 Å². The quantitative estimate of drug-likeness (QED) is 0.498. The van der Waals surface area contributed by atoms with Crippen LogP contribution in [0.4, 0.5) is 15.8 Å². The van der Waals surface area contributed by atoms with Gasteiger partial charge in [-0.2, -0.15) is 0 Å². The van der Waals surface area contributed by atoms with Gasteiger partial charge in [-0.25, -0.2) is 12.8 Å². The summed E-state index contributed by atoms with van der Waals surface area (Å²) in [7, 11) is -2.23. The maximum absolute atomic E-state index is 13.3. The van der Waals surface area contributed by atoms with Crippen molar-refractivity contribution in [2.45, 2.75) is 6.54 Å². The number of nitrogens with zero attached hydrogens (tertiary/aromatic N) is 1. The number of sulfonamides is 1. The molecule has 0 aliphatic heterocycles. The van der Waals surface area contributed by atoms with Crippen molar-refractivity contribution in [3.63, 3.8) is 0 Å². The van der Waals surface area contributed by atoms with Crippen LogP contribution in [-0.2, 0) is 16.6 Å². The second kappa shape index (κ2) is 9.49. The van der Waals surface area contributed by atoms with Crippen molar-refractivity contribution >= 4 is 43.2 Å². The van der Waals surface area contributed by atoms with Crippen LogP contribution in [0.1, 0.15) is 15.9 Å². The number of hydrogen-bond acceptors (Lipinski definition) is 4. The van der Waals surface area contributed by atoms with Crippen LogP contribution in [0.25, 0.3) is 0 Å². The van der Waals surface area contributed by atoms with E-state index in [1.54, 1.807) is 36.4 Å². The molecule has 0 spiro atoms. The number of benzene rings is 3. The molecule has 6 nitrogen and oxygen atoms in total. The Balaban J connectivity index is 1.93. The number of ether oxygens (including phenoxy) is 1. The summed E-state index contributed by atoms with van der Waals surface area (Å²) in [6, 6.07) is 17.1. The molecule has 31 heavy (non-hydrogen) atoms. The molecule has 3 aromatic rings. The number of carbonyl (C=O) groups excluding carboxylic acids is 1. The lowest BCUT2D eigenvalue weighted by Crippen LogP contribution is -2.29. The highest BCUT2D eigenvalue weighted by molar-refractivity contribution is 9.10. The van der Waals surface area contributed by atoms with Gasteiger partial charge in [-0.3, -0.25) is 9.10 Å². The number of nitrogens with one attached hydrogen (secondary N) is 1. The monoisotopic (exact) mass is 506 g/mol. The predicted octanol–water partition coefficient (Wildman–Crippen LogP) is 4.82. The molecule has 0 atom stereocenters. The molecule has 1 N–H and O–H groups in total. The van der Waals surface area contributed by atoms with Crippen LogP contribution in [0.5, 0.6) is 5.75 Å². The summed E-state index contributed by atoms with van der Waals surface area (Å²) < 4.78 is 45.5. The van der Waals surface area contributed by atoms with Gasteiger partial charge in [0, 0.05) is 21.3 Å². The number of anilines is 2. The van der Waals surface area contributed by atoms with Gasteiger partial charge in [0.2, 0.25) is 10.0 Å². The Kier molecular flexibility index (Phi) is 6.97. The summed E-state index contributed by atoms with van der Waals surface area (Å²) in [6.07, 6.45) is 1.06. The SMILES string of the molecule is COc1ccc(C(=O)Nc2cccc(Br)c2)cc1CN(c1ccc(F)cc1)S(C)(=O)=O. The molecular weight excluding hydrogens is 487 g/mol. The summed E-state index contributed by atoms with van der Waals surface area (Å²) in [6.45, 7) is -0.0916. The molecular formula is C22H20BrFN2O4S. The molecule has 0 heterocycles. The largest absolute Gasteiger partial charge is 0.496 e. The van der Waals surface area contributed by atoms with Crippen LogP contribution in [0.2, 0.25) is 0 Å². The first-order valence-corrected chi connectivity index (χ1v) is 11.8. The van der Waals surface area contributed by atoms with Crippen molar-refractivity contribution in [2.75, 3.05) is 23.0 Å². The number of methoxy groups -OCH3 is 1. The molecule has 0 bridgehead atoms. The number of rotatable bonds is 7. The van der Waals surface area contributed by atoms with Gasteiger partial charge in [0.15, 0.2) is 0 Å². The van der Waals surface area contributed by atoms with E-state index >= 15 is 0 Å². The minimum absolute atomic E-state index is 0.0916. The molecule has 0 radical (unpaired) electrons. The lowest BCUT2D eigenvalue weighted by Gasteiger charge is -2.24. The van der Waals surface area contributed by atoms with E-state index in [1.807, 2.05) is 6.07 Å². The average molecular weight is 507 g/mol. The molecule has 1 amide bonds. The second-order valence-corrected chi connectivity index (χ2v) is 9.56. The highest BCUT2D eigenvalue weighted by Gasteiger charge is 2.21. The minimum Gasteiger partial charge on any atom is -0.496 e. The standard InChI is InChI=1S/C22H20BrFN2O4S/c1-30-21-11-6-15(22(27)25-19-5-3-4-17(23)13-19)12-16(21)14-26(31(2,28)29)20-9-7-18(24)8-10-20/h3-13H,14H2,1-2H3,(H,25,27). The first-order valence-electron chi connectivity index (χ1n) is 9.14. The minimum atomic E-state index is -3.69. The van der Waals surface area contributed by atoms with Crippen molar-refractivity contribution in [3.05, 3.63) is 88.1 Å². The third-order valence-electron chi connectivity index (χ3n) is 4.45. The number of halogens is 2. The van der Waals surface area contributed by atoms with E-state index in [4.69, 9.17) is 4.74 Å². The first-order chi connectivity index (χ1) is 14.7. The van der Waals surface area contributed by atoms with E-state index in [1.165, 1.54) is 31.4 Å². The van der Waals surface area contributed by atoms with Gasteiger partial charge in [0.25, 0.3) is 5.91 Å². The zero-order valence-corrected chi connectivity index (χ0v) is 19.2. The normalized spacial score (nSPS) is 11.1. The van der Waals surface area contributed by atoms with Crippen molar-refractivity contribution in [1.82, 2.24) is 0 Å². The van der Waals surface area contributed by atoms with Crippen molar-refractivity contribution in [2.24, 2.45) is 0 Å². The van der Waals surface area contributed by atoms with Crippen molar-refractivity contribution in [3.8, 4) is 5.75 Å². The Morgan fingerprint density at radius 2 is 1.81 bits per heavy atom. The highest BCUT2D eigenvalue weighted by Crippen LogP contribution is 2.27. The number of hydrogen-bond donors (Lipinski definition) is 1. The summed E-state index contributed by atoms with van der Waals surface area (Å²) in [4.78, 5) is 12.7. The Labute approximate surface area is 188 Å². The van der Waals surface area contributed by atoms with Gasteiger partial charge in [-0.05, 0) is 60.7 Å². The second-order valence-electron chi connectivity index (χ2n) is 6.74. The Morgan fingerprint density at radius 1 is 1.10 bits per heavy atom. The molecule has 3 aromatic carbocycles. The number of carbonyl (C=O) groups is 1. The van der Waals surface area contributed by atoms with Crippen LogP contribution in [-0.4, -0.2) is 27.7 Å². The van der Waals surface area contributed by atoms with Gasteiger partial charge in [-0.15, -0.1) is 0 Å². The molecule has 0 aliphatic carbocycles. The van der Waals surface area contributed by atoms with Crippen molar-refractivity contribution < 1.29 is 22.3 Å². The fourth-order valence-corrected chi connectivity index (χ4v) is 4.25. The molecule has 162 valence electrons. The summed E-state index contributed by atoms with van der Waals surface area (Å²) >= 11 is 3.36. The van der Waals surface area contributed by atoms with Crippen LogP contribution in [0.15, 0.2) is 71.2 Å². The molecule has 0 unspecified atom stereocenters. The maximum atomic E-state index is 13.3. The van der Waals surface area contributed by atoms with Crippen LogP contribution >= 0.6 is 15.9 Å². The highest BCUT2D eigenvalue weighted by atomic mass is 79.9. The Hall–Kier alpha value is -2.91. The third-order valence-corrected chi connectivity index (χ3v) is 6.09. The lowest BCUT2D eigenvalue weighted by atomic mass is 10.1. The van der Waals surface area contributed by atoms with Crippen LogP contribution < -0.4 is 14.4 Å². The smallest absolute Gasteiger partial charge is 0.255 e. The number of amides is 1. The maximum Gasteiger partial charge on any atom is 0.255 e. The fraction of sp³-hybridized carbons (Fsp3) is 0.136. The molecule has 0 aliphatic rings. The molecule has 0 aromatic heterocycles. The van der Waals surface area contributed by atoms with Crippen molar-refractivity contribution in [1.29, 1.82) is 0 Å². The summed E-state index contributed by atoms with van der Waals surface area (Å²) in [5.74, 6) is -0.398. The lowest BCUT2D eigenvalue weighted by molar-refractivity contribution is 0.102. The third kappa shape index (κ3) is 5.83.